The molecular formula is C17H18N2O4S. The molecule has 2 aliphatic rings. The molecule has 0 N–H and O–H groups in total. The van der Waals surface area contributed by atoms with E-state index in [9.17, 15) is 14.4 Å². The molecule has 1 aromatic rings. The molecule has 1 aromatic carbocycles. The molecule has 7 heteroatoms. The summed E-state index contributed by atoms with van der Waals surface area (Å²) in [6, 6.07) is 4.45. The van der Waals surface area contributed by atoms with E-state index < -0.39 is 6.04 Å². The van der Waals surface area contributed by atoms with Crippen LogP contribution in [0.2, 0.25) is 0 Å². The van der Waals surface area contributed by atoms with Gasteiger partial charge in [0.25, 0.3) is 5.91 Å². The van der Waals surface area contributed by atoms with Crippen molar-refractivity contribution in [2.75, 3.05) is 23.8 Å². The van der Waals surface area contributed by atoms with Gasteiger partial charge in [0.1, 0.15) is 5.75 Å². The minimum absolute atomic E-state index is 0.00920. The normalized spacial score (nSPS) is 18.2. The molecule has 24 heavy (non-hydrogen) atoms. The number of ketones is 1. The highest BCUT2D eigenvalue weighted by Gasteiger charge is 2.29. The number of carbonyl (C=O) groups is 3. The molecular weight excluding hydrogens is 328 g/mol. The first-order chi connectivity index (χ1) is 11.5. The van der Waals surface area contributed by atoms with Gasteiger partial charge in [0.15, 0.2) is 12.4 Å². The summed E-state index contributed by atoms with van der Waals surface area (Å²) in [5.74, 6) is 0.538. The number of ether oxygens (including phenoxy) is 1. The first-order valence-corrected chi connectivity index (χ1v) is 8.78. The van der Waals surface area contributed by atoms with E-state index in [-0.39, 0.29) is 24.2 Å². The van der Waals surface area contributed by atoms with Crippen molar-refractivity contribution in [3.63, 3.8) is 0 Å². The molecule has 1 unspecified atom stereocenters. The van der Waals surface area contributed by atoms with Crippen molar-refractivity contribution < 1.29 is 19.1 Å². The molecule has 0 aliphatic carbocycles. The summed E-state index contributed by atoms with van der Waals surface area (Å²) < 4.78 is 5.42. The fourth-order valence-corrected chi connectivity index (χ4v) is 3.41. The highest BCUT2D eigenvalue weighted by atomic mass is 32.2. The molecule has 0 radical (unpaired) electrons. The number of fused-ring (bicyclic) bond motifs is 1. The van der Waals surface area contributed by atoms with Crippen LogP contribution in [-0.4, -0.2) is 47.4 Å². The van der Waals surface area contributed by atoms with Gasteiger partial charge in [-0.25, -0.2) is 0 Å². The molecule has 0 bridgehead atoms. The van der Waals surface area contributed by atoms with Gasteiger partial charge in [-0.1, -0.05) is 0 Å². The molecule has 2 aliphatic heterocycles. The second-order valence-corrected chi connectivity index (χ2v) is 6.44. The third kappa shape index (κ3) is 2.91. The molecule has 126 valence electrons. The number of rotatable bonds is 4. The van der Waals surface area contributed by atoms with Crippen LogP contribution in [0.4, 0.5) is 5.69 Å². The third-order valence-electron chi connectivity index (χ3n) is 4.11. The summed E-state index contributed by atoms with van der Waals surface area (Å²) >= 11 is 1.41. The van der Waals surface area contributed by atoms with Crippen LogP contribution in [0.15, 0.2) is 29.8 Å². The lowest BCUT2D eigenvalue weighted by molar-refractivity contribution is -0.127. The van der Waals surface area contributed by atoms with Crippen LogP contribution in [0.25, 0.3) is 0 Å². The maximum absolute atomic E-state index is 12.8. The van der Waals surface area contributed by atoms with Gasteiger partial charge in [-0.05, 0) is 37.5 Å². The molecule has 6 nitrogen and oxygen atoms in total. The molecule has 1 atom stereocenters. The molecule has 0 saturated carbocycles. The maximum Gasteiger partial charge on any atom is 0.265 e. The summed E-state index contributed by atoms with van der Waals surface area (Å²) in [5.41, 5.74) is 1.06. The number of Topliss-reactive ketones (excluding diaryl/α,β-unsaturated/α-hetero) is 1. The van der Waals surface area contributed by atoms with Crippen molar-refractivity contribution in [1.82, 2.24) is 4.90 Å². The zero-order valence-corrected chi connectivity index (χ0v) is 14.3. The van der Waals surface area contributed by atoms with E-state index in [4.69, 9.17) is 4.74 Å². The van der Waals surface area contributed by atoms with E-state index in [1.807, 2.05) is 12.3 Å². The first kappa shape index (κ1) is 16.6. The molecule has 0 fully saturated rings. The second-order valence-electron chi connectivity index (χ2n) is 5.55. The fraction of sp³-hybridized carbons (Fsp3) is 0.353. The Morgan fingerprint density at radius 1 is 1.33 bits per heavy atom. The Bertz CT molecular complexity index is 731. The standard InChI is InChI=1S/C17H18N2O4S/c1-3-18-13-8-12(4-5-14(13)23-9-15(18)20)17(22)11(2)19-6-7-24-10-16(19)21/h4-8,11H,3,9-10H2,1-2H3. The summed E-state index contributed by atoms with van der Waals surface area (Å²) in [4.78, 5) is 39.7. The summed E-state index contributed by atoms with van der Waals surface area (Å²) in [7, 11) is 0. The maximum atomic E-state index is 12.8. The van der Waals surface area contributed by atoms with Crippen LogP contribution in [0.3, 0.4) is 0 Å². The van der Waals surface area contributed by atoms with Crippen molar-refractivity contribution in [1.29, 1.82) is 0 Å². The van der Waals surface area contributed by atoms with Crippen molar-refractivity contribution in [3.05, 3.63) is 35.4 Å². The number of hydrogen-bond donors (Lipinski definition) is 0. The molecule has 3 rings (SSSR count). The molecule has 0 spiro atoms. The Kier molecular flexibility index (Phi) is 4.62. The predicted octanol–water partition coefficient (Wildman–Crippen LogP) is 2.05. The second kappa shape index (κ2) is 6.68. The number of hydrogen-bond acceptors (Lipinski definition) is 5. The van der Waals surface area contributed by atoms with Crippen molar-refractivity contribution in [3.8, 4) is 5.75 Å². The Balaban J connectivity index is 1.89. The average molecular weight is 346 g/mol. The van der Waals surface area contributed by atoms with Crippen LogP contribution in [-0.2, 0) is 9.59 Å². The Hall–Kier alpha value is -2.28. The number of thioether (sulfide) groups is 1. The van der Waals surface area contributed by atoms with Crippen LogP contribution in [0.1, 0.15) is 24.2 Å². The Labute approximate surface area is 144 Å². The van der Waals surface area contributed by atoms with E-state index in [1.54, 1.807) is 36.2 Å². The van der Waals surface area contributed by atoms with Crippen molar-refractivity contribution in [2.24, 2.45) is 0 Å². The van der Waals surface area contributed by atoms with E-state index >= 15 is 0 Å². The zero-order chi connectivity index (χ0) is 17.3. The monoisotopic (exact) mass is 346 g/mol. The van der Waals surface area contributed by atoms with Gasteiger partial charge < -0.3 is 14.5 Å². The summed E-state index contributed by atoms with van der Waals surface area (Å²) in [6.45, 7) is 4.10. The molecule has 2 amide bonds. The average Bonchev–Trinajstić information content (AvgIpc) is 2.60. The van der Waals surface area contributed by atoms with Crippen LogP contribution < -0.4 is 9.64 Å². The number of carbonyl (C=O) groups excluding carboxylic acids is 3. The quantitative estimate of drug-likeness (QED) is 0.781. The first-order valence-electron chi connectivity index (χ1n) is 7.73. The lowest BCUT2D eigenvalue weighted by Gasteiger charge is -2.30. The van der Waals surface area contributed by atoms with E-state index in [0.717, 1.165) is 0 Å². The number of nitrogens with zero attached hydrogens (tertiary/aromatic N) is 2. The zero-order valence-electron chi connectivity index (χ0n) is 13.5. The molecule has 0 aromatic heterocycles. The lowest BCUT2D eigenvalue weighted by Crippen LogP contribution is -2.42. The van der Waals surface area contributed by atoms with Gasteiger partial charge in [0.2, 0.25) is 5.91 Å². The minimum Gasteiger partial charge on any atom is -0.482 e. The Morgan fingerprint density at radius 2 is 2.12 bits per heavy atom. The molecule has 2 heterocycles. The van der Waals surface area contributed by atoms with Gasteiger partial charge in [0.05, 0.1) is 17.5 Å². The van der Waals surface area contributed by atoms with Crippen molar-refractivity contribution >= 4 is 35.0 Å². The topological polar surface area (TPSA) is 66.9 Å². The number of likely N-dealkylation sites (N-methyl/N-ethyl adjacent to an activating group) is 1. The number of amides is 2. The van der Waals surface area contributed by atoms with Crippen LogP contribution in [0.5, 0.6) is 5.75 Å². The Morgan fingerprint density at radius 3 is 2.83 bits per heavy atom. The highest BCUT2D eigenvalue weighted by molar-refractivity contribution is 8.02. The summed E-state index contributed by atoms with van der Waals surface area (Å²) in [6.07, 6.45) is 1.64. The van der Waals surface area contributed by atoms with Gasteiger partial charge in [0, 0.05) is 18.3 Å². The van der Waals surface area contributed by atoms with Gasteiger partial charge in [-0.3, -0.25) is 14.4 Å². The van der Waals surface area contributed by atoms with Gasteiger partial charge >= 0.3 is 0 Å². The van der Waals surface area contributed by atoms with E-state index in [1.165, 1.54) is 16.7 Å². The van der Waals surface area contributed by atoms with Crippen LogP contribution >= 0.6 is 11.8 Å². The highest BCUT2D eigenvalue weighted by Crippen LogP contribution is 2.33. The minimum atomic E-state index is -0.594. The smallest absolute Gasteiger partial charge is 0.265 e. The SMILES string of the molecule is CCN1C(=O)COc2ccc(C(=O)C(C)N3C=CSCC3=O)cc21. The largest absolute Gasteiger partial charge is 0.482 e. The third-order valence-corrected chi connectivity index (χ3v) is 4.84. The lowest BCUT2D eigenvalue weighted by atomic mass is 10.0. The fourth-order valence-electron chi connectivity index (χ4n) is 2.80. The van der Waals surface area contributed by atoms with E-state index in [0.29, 0.717) is 29.3 Å². The number of benzene rings is 1. The number of anilines is 1. The van der Waals surface area contributed by atoms with Crippen molar-refractivity contribution in [2.45, 2.75) is 19.9 Å². The molecule has 0 saturated heterocycles. The van der Waals surface area contributed by atoms with E-state index in [2.05, 4.69) is 0 Å². The van der Waals surface area contributed by atoms with Crippen LogP contribution in [0, 0.1) is 0 Å². The predicted molar refractivity (Wildman–Crippen MR) is 92.2 cm³/mol. The summed E-state index contributed by atoms with van der Waals surface area (Å²) in [5, 5.41) is 1.81. The van der Waals surface area contributed by atoms with Gasteiger partial charge in [-0.15, -0.1) is 11.8 Å². The van der Waals surface area contributed by atoms with Gasteiger partial charge in [-0.2, -0.15) is 0 Å².